The Labute approximate surface area is 170 Å². The number of amides is 1. The number of aryl methyl sites for hydroxylation is 1. The first-order valence-corrected chi connectivity index (χ1v) is 9.89. The van der Waals surface area contributed by atoms with Crippen molar-refractivity contribution >= 4 is 28.1 Å². The van der Waals surface area contributed by atoms with Crippen molar-refractivity contribution in [2.24, 2.45) is 0 Å². The highest BCUT2D eigenvalue weighted by molar-refractivity contribution is 7.18. The molecule has 7 nitrogen and oxygen atoms in total. The standard InChI is InChI=1S/C20H19FN6OS/c1-11-14(21)6-5-13-15(11)26-27-16(13)20-25-17(19(28)24-9-8-22-2)18(29-20)12-4-3-7-23-10-12/h3-7,10,22H,8-9H2,1-2H3,(H,24,28)(H,26,27). The van der Waals surface area contributed by atoms with E-state index in [4.69, 9.17) is 0 Å². The number of halogens is 1. The Morgan fingerprint density at radius 3 is 2.90 bits per heavy atom. The van der Waals surface area contributed by atoms with E-state index in [2.05, 4.69) is 30.8 Å². The van der Waals surface area contributed by atoms with Crippen molar-refractivity contribution in [3.05, 3.63) is 53.7 Å². The van der Waals surface area contributed by atoms with Crippen LogP contribution in [0, 0.1) is 12.7 Å². The van der Waals surface area contributed by atoms with Crippen LogP contribution in [0.1, 0.15) is 16.1 Å². The molecule has 3 aromatic heterocycles. The maximum atomic E-state index is 13.9. The van der Waals surface area contributed by atoms with E-state index in [-0.39, 0.29) is 11.7 Å². The van der Waals surface area contributed by atoms with E-state index < -0.39 is 0 Å². The molecule has 0 saturated carbocycles. The highest BCUT2D eigenvalue weighted by Crippen LogP contribution is 2.37. The molecule has 0 bridgehead atoms. The SMILES string of the molecule is CNCCNC(=O)c1nc(-c2[nH]nc3c(C)c(F)ccc23)sc1-c1cccnc1. The number of hydrogen-bond donors (Lipinski definition) is 3. The number of nitrogens with one attached hydrogen (secondary N) is 3. The van der Waals surface area contributed by atoms with Crippen LogP contribution in [0.5, 0.6) is 0 Å². The Kier molecular flexibility index (Phi) is 5.32. The zero-order valence-electron chi connectivity index (χ0n) is 15.9. The average Bonchev–Trinajstić information content (AvgIpc) is 3.36. The first kappa shape index (κ1) is 19.2. The molecule has 4 rings (SSSR count). The van der Waals surface area contributed by atoms with Gasteiger partial charge < -0.3 is 10.6 Å². The second kappa shape index (κ2) is 8.06. The number of carbonyl (C=O) groups is 1. The number of thiazole rings is 1. The molecule has 3 heterocycles. The summed E-state index contributed by atoms with van der Waals surface area (Å²) in [6.07, 6.45) is 3.38. The van der Waals surface area contributed by atoms with Gasteiger partial charge in [-0.2, -0.15) is 5.10 Å². The van der Waals surface area contributed by atoms with E-state index in [1.807, 2.05) is 19.2 Å². The molecule has 0 radical (unpaired) electrons. The predicted octanol–water partition coefficient (Wildman–Crippen LogP) is 3.15. The number of rotatable bonds is 6. The van der Waals surface area contributed by atoms with Crippen LogP contribution in [-0.2, 0) is 0 Å². The number of hydrogen-bond acceptors (Lipinski definition) is 6. The number of nitrogens with zero attached hydrogens (tertiary/aromatic N) is 3. The minimum atomic E-state index is -0.310. The van der Waals surface area contributed by atoms with Gasteiger partial charge in [0.1, 0.15) is 22.2 Å². The third kappa shape index (κ3) is 3.62. The van der Waals surface area contributed by atoms with E-state index in [9.17, 15) is 9.18 Å². The van der Waals surface area contributed by atoms with E-state index in [1.54, 1.807) is 25.4 Å². The molecule has 0 aliphatic carbocycles. The third-order valence-electron chi connectivity index (χ3n) is 4.55. The Balaban J connectivity index is 1.81. The van der Waals surface area contributed by atoms with Crippen molar-refractivity contribution < 1.29 is 9.18 Å². The first-order valence-electron chi connectivity index (χ1n) is 9.07. The number of benzene rings is 1. The number of carbonyl (C=O) groups excluding carboxylic acids is 1. The van der Waals surface area contributed by atoms with Gasteiger partial charge in [-0.15, -0.1) is 11.3 Å². The van der Waals surface area contributed by atoms with Gasteiger partial charge in [-0.25, -0.2) is 9.37 Å². The smallest absolute Gasteiger partial charge is 0.271 e. The zero-order valence-corrected chi connectivity index (χ0v) is 16.7. The summed E-state index contributed by atoms with van der Waals surface area (Å²) in [4.78, 5) is 22.2. The zero-order chi connectivity index (χ0) is 20.4. The molecule has 29 heavy (non-hydrogen) atoms. The molecular formula is C20H19FN6OS. The van der Waals surface area contributed by atoms with Crippen molar-refractivity contribution in [3.8, 4) is 21.1 Å². The molecule has 0 spiro atoms. The number of likely N-dealkylation sites (N-methyl/N-ethyl adjacent to an activating group) is 1. The fourth-order valence-corrected chi connectivity index (χ4v) is 4.08. The molecule has 0 fully saturated rings. The molecule has 4 aromatic rings. The molecule has 9 heteroatoms. The van der Waals surface area contributed by atoms with Crippen molar-refractivity contribution in [1.29, 1.82) is 0 Å². The molecule has 1 amide bonds. The molecule has 148 valence electrons. The molecular weight excluding hydrogens is 391 g/mol. The average molecular weight is 410 g/mol. The van der Waals surface area contributed by atoms with Gasteiger partial charge in [-0.1, -0.05) is 6.07 Å². The van der Waals surface area contributed by atoms with Gasteiger partial charge >= 0.3 is 0 Å². The monoisotopic (exact) mass is 410 g/mol. The van der Waals surface area contributed by atoms with Crippen LogP contribution in [0.25, 0.3) is 32.0 Å². The number of aromatic nitrogens is 4. The van der Waals surface area contributed by atoms with Crippen LogP contribution in [0.15, 0.2) is 36.7 Å². The topological polar surface area (TPSA) is 95.6 Å². The fourth-order valence-electron chi connectivity index (χ4n) is 3.01. The van der Waals surface area contributed by atoms with E-state index in [0.29, 0.717) is 40.6 Å². The summed E-state index contributed by atoms with van der Waals surface area (Å²) >= 11 is 1.37. The molecule has 0 aliphatic heterocycles. The van der Waals surface area contributed by atoms with Gasteiger partial charge in [0.25, 0.3) is 5.91 Å². The lowest BCUT2D eigenvalue weighted by Gasteiger charge is -2.04. The Morgan fingerprint density at radius 1 is 1.28 bits per heavy atom. The van der Waals surface area contributed by atoms with E-state index >= 15 is 0 Å². The predicted molar refractivity (Wildman–Crippen MR) is 111 cm³/mol. The minimum absolute atomic E-state index is 0.257. The van der Waals surface area contributed by atoms with Crippen molar-refractivity contribution in [2.45, 2.75) is 6.92 Å². The molecule has 1 aromatic carbocycles. The van der Waals surface area contributed by atoms with E-state index in [0.717, 1.165) is 15.8 Å². The first-order chi connectivity index (χ1) is 14.1. The summed E-state index contributed by atoms with van der Waals surface area (Å²) in [5.41, 5.74) is 2.82. The highest BCUT2D eigenvalue weighted by Gasteiger charge is 2.22. The molecule has 0 atom stereocenters. The Morgan fingerprint density at radius 2 is 2.14 bits per heavy atom. The van der Waals surface area contributed by atoms with Crippen LogP contribution in [0.4, 0.5) is 4.39 Å². The quantitative estimate of drug-likeness (QED) is 0.425. The normalized spacial score (nSPS) is 11.1. The van der Waals surface area contributed by atoms with Crippen LogP contribution >= 0.6 is 11.3 Å². The molecule has 0 saturated heterocycles. The molecule has 3 N–H and O–H groups in total. The Hall–Kier alpha value is -3.17. The van der Waals surface area contributed by atoms with Crippen molar-refractivity contribution in [3.63, 3.8) is 0 Å². The second-order valence-electron chi connectivity index (χ2n) is 6.47. The van der Waals surface area contributed by atoms with Crippen LogP contribution in [0.3, 0.4) is 0 Å². The van der Waals surface area contributed by atoms with Gasteiger partial charge in [0.15, 0.2) is 0 Å². The van der Waals surface area contributed by atoms with Crippen LogP contribution in [0.2, 0.25) is 0 Å². The minimum Gasteiger partial charge on any atom is -0.349 e. The summed E-state index contributed by atoms with van der Waals surface area (Å²) in [5.74, 6) is -0.567. The summed E-state index contributed by atoms with van der Waals surface area (Å²) < 4.78 is 13.9. The Bertz CT molecular complexity index is 1170. The summed E-state index contributed by atoms with van der Waals surface area (Å²) in [6.45, 7) is 2.83. The van der Waals surface area contributed by atoms with Crippen LogP contribution < -0.4 is 10.6 Å². The number of aromatic amines is 1. The van der Waals surface area contributed by atoms with Gasteiger partial charge in [0.05, 0.1) is 10.4 Å². The lowest BCUT2D eigenvalue weighted by Crippen LogP contribution is -2.30. The summed E-state index contributed by atoms with van der Waals surface area (Å²) in [7, 11) is 1.82. The summed E-state index contributed by atoms with van der Waals surface area (Å²) in [6, 6.07) is 6.79. The van der Waals surface area contributed by atoms with Gasteiger partial charge in [0, 0.05) is 42.0 Å². The van der Waals surface area contributed by atoms with Crippen molar-refractivity contribution in [2.75, 3.05) is 20.1 Å². The summed E-state index contributed by atoms with van der Waals surface area (Å²) in [5, 5.41) is 14.4. The van der Waals surface area contributed by atoms with E-state index in [1.165, 1.54) is 17.4 Å². The van der Waals surface area contributed by atoms with Gasteiger partial charge in [-0.05, 0) is 32.2 Å². The second-order valence-corrected chi connectivity index (χ2v) is 7.46. The third-order valence-corrected chi connectivity index (χ3v) is 5.68. The highest BCUT2D eigenvalue weighted by atomic mass is 32.1. The largest absolute Gasteiger partial charge is 0.349 e. The van der Waals surface area contributed by atoms with Gasteiger partial charge in [-0.3, -0.25) is 14.9 Å². The lowest BCUT2D eigenvalue weighted by molar-refractivity contribution is 0.0950. The lowest BCUT2D eigenvalue weighted by atomic mass is 10.1. The fraction of sp³-hybridized carbons (Fsp3) is 0.200. The maximum absolute atomic E-state index is 13.9. The number of fused-ring (bicyclic) bond motifs is 1. The van der Waals surface area contributed by atoms with Crippen molar-refractivity contribution in [1.82, 2.24) is 30.8 Å². The van der Waals surface area contributed by atoms with Gasteiger partial charge in [0.2, 0.25) is 0 Å². The molecule has 0 unspecified atom stereocenters. The molecule has 0 aliphatic rings. The van der Waals surface area contributed by atoms with Crippen LogP contribution in [-0.4, -0.2) is 46.2 Å². The maximum Gasteiger partial charge on any atom is 0.271 e. The number of H-pyrrole nitrogens is 1. The number of pyridine rings is 1.